The lowest BCUT2D eigenvalue weighted by molar-refractivity contribution is -0.123. The number of hydrogen-bond acceptors (Lipinski definition) is 4. The number of ether oxygens (including phenoxy) is 2. The molecule has 24 heavy (non-hydrogen) atoms. The normalized spacial score (nSPS) is 34.2. The average Bonchev–Trinajstić information content (AvgIpc) is 3.20. The van der Waals surface area contributed by atoms with Crippen molar-refractivity contribution >= 4 is 17.5 Å². The summed E-state index contributed by atoms with van der Waals surface area (Å²) < 4.78 is 10.6. The summed E-state index contributed by atoms with van der Waals surface area (Å²) >= 11 is 0. The van der Waals surface area contributed by atoms with Crippen LogP contribution in [0.4, 0.5) is 5.69 Å². The molecule has 124 valence electrons. The molecule has 1 saturated heterocycles. The van der Waals surface area contributed by atoms with Gasteiger partial charge in [-0.15, -0.1) is 0 Å². The molecule has 3 aliphatic carbocycles. The summed E-state index contributed by atoms with van der Waals surface area (Å²) in [4.78, 5) is 27.6. The Labute approximate surface area is 140 Å². The van der Waals surface area contributed by atoms with Crippen molar-refractivity contribution in [3.05, 3.63) is 30.4 Å². The molecule has 0 N–H and O–H groups in total. The first kappa shape index (κ1) is 14.1. The Hall–Kier alpha value is -2.30. The van der Waals surface area contributed by atoms with Crippen LogP contribution in [0.25, 0.3) is 0 Å². The van der Waals surface area contributed by atoms with E-state index in [0.29, 0.717) is 17.2 Å². The second kappa shape index (κ2) is 4.41. The lowest BCUT2D eigenvalue weighted by atomic mass is 9.85. The Morgan fingerprint density at radius 3 is 2.12 bits per heavy atom. The molecule has 1 heterocycles. The Morgan fingerprint density at radius 2 is 1.62 bits per heavy atom. The largest absolute Gasteiger partial charge is 0.497 e. The zero-order chi connectivity index (χ0) is 16.6. The minimum atomic E-state index is -0.193. The Balaban J connectivity index is 1.56. The Morgan fingerprint density at radius 1 is 1.00 bits per heavy atom. The van der Waals surface area contributed by atoms with E-state index in [0.717, 1.165) is 12.8 Å². The highest BCUT2D eigenvalue weighted by Crippen LogP contribution is 2.73. The number of nitrogens with zero attached hydrogens (tertiary/aromatic N) is 1. The number of amides is 2. The molecule has 5 nitrogen and oxygen atoms in total. The summed E-state index contributed by atoms with van der Waals surface area (Å²) in [6, 6.07) is 5.19. The molecule has 1 aromatic rings. The maximum absolute atomic E-state index is 13.1. The minimum absolute atomic E-state index is 0.0726. The minimum Gasteiger partial charge on any atom is -0.497 e. The van der Waals surface area contributed by atoms with Crippen LogP contribution in [0, 0.1) is 29.1 Å². The molecule has 4 aliphatic rings. The second-order valence-corrected chi connectivity index (χ2v) is 7.27. The van der Waals surface area contributed by atoms with Gasteiger partial charge >= 0.3 is 0 Å². The fourth-order valence-electron chi connectivity index (χ4n) is 5.29. The standard InChI is InChI=1S/C19H19NO4/c1-23-10-3-6-13(14(9-10)24-2)20-17(21)15-11-4-5-12(16(15)18(20)22)19(11)7-8-19/h3-6,9,11-12,15-16H,7-8H2,1-2H3/t11-,12-,15-,16+/m1/s1. The molecule has 0 radical (unpaired) electrons. The number of allylic oxidation sites excluding steroid dienone is 2. The van der Waals surface area contributed by atoms with E-state index >= 15 is 0 Å². The van der Waals surface area contributed by atoms with Gasteiger partial charge in [-0.1, -0.05) is 12.2 Å². The smallest absolute Gasteiger partial charge is 0.238 e. The van der Waals surface area contributed by atoms with E-state index in [4.69, 9.17) is 9.47 Å². The summed E-state index contributed by atoms with van der Waals surface area (Å²) in [5.74, 6) is 1.05. The number of carbonyl (C=O) groups excluding carboxylic acids is 2. The zero-order valence-corrected chi connectivity index (χ0v) is 13.7. The van der Waals surface area contributed by atoms with Crippen molar-refractivity contribution in [1.82, 2.24) is 0 Å². The fraction of sp³-hybridized carbons (Fsp3) is 0.474. The van der Waals surface area contributed by atoms with Crippen LogP contribution in [-0.4, -0.2) is 26.0 Å². The third-order valence-corrected chi connectivity index (χ3v) is 6.48. The van der Waals surface area contributed by atoms with Crippen molar-refractivity contribution in [3.63, 3.8) is 0 Å². The van der Waals surface area contributed by atoms with Gasteiger partial charge in [0.1, 0.15) is 11.5 Å². The van der Waals surface area contributed by atoms with Crippen LogP contribution in [0.5, 0.6) is 11.5 Å². The van der Waals surface area contributed by atoms with Crippen molar-refractivity contribution in [3.8, 4) is 11.5 Å². The predicted octanol–water partition coefficient (Wildman–Crippen LogP) is 2.41. The van der Waals surface area contributed by atoms with Crippen LogP contribution in [0.3, 0.4) is 0 Å². The highest BCUT2D eigenvalue weighted by molar-refractivity contribution is 6.23. The van der Waals surface area contributed by atoms with Gasteiger partial charge in [0.25, 0.3) is 0 Å². The van der Waals surface area contributed by atoms with E-state index < -0.39 is 0 Å². The van der Waals surface area contributed by atoms with E-state index in [1.165, 1.54) is 12.0 Å². The summed E-state index contributed by atoms with van der Waals surface area (Å²) in [6.45, 7) is 0. The van der Waals surface area contributed by atoms with Gasteiger partial charge in [-0.05, 0) is 42.2 Å². The van der Waals surface area contributed by atoms with Gasteiger partial charge in [-0.25, -0.2) is 4.90 Å². The van der Waals surface area contributed by atoms with Crippen LogP contribution in [0.2, 0.25) is 0 Å². The monoisotopic (exact) mass is 325 g/mol. The van der Waals surface area contributed by atoms with Gasteiger partial charge in [0.15, 0.2) is 0 Å². The van der Waals surface area contributed by atoms with E-state index in [2.05, 4.69) is 12.2 Å². The molecule has 2 saturated carbocycles. The van der Waals surface area contributed by atoms with Crippen molar-refractivity contribution in [2.45, 2.75) is 12.8 Å². The third kappa shape index (κ3) is 1.46. The topological polar surface area (TPSA) is 55.8 Å². The van der Waals surface area contributed by atoms with Gasteiger partial charge in [-0.2, -0.15) is 0 Å². The number of anilines is 1. The fourth-order valence-corrected chi connectivity index (χ4v) is 5.29. The molecular weight excluding hydrogens is 306 g/mol. The van der Waals surface area contributed by atoms with E-state index in [9.17, 15) is 9.59 Å². The maximum atomic E-state index is 13.1. The number of imide groups is 1. The quantitative estimate of drug-likeness (QED) is 0.632. The first-order chi connectivity index (χ1) is 11.6. The third-order valence-electron chi connectivity index (χ3n) is 6.48. The highest BCUT2D eigenvalue weighted by Gasteiger charge is 2.73. The summed E-state index contributed by atoms with van der Waals surface area (Å²) in [7, 11) is 3.11. The van der Waals surface area contributed by atoms with Crippen molar-refractivity contribution in [2.24, 2.45) is 29.1 Å². The van der Waals surface area contributed by atoms with Crippen molar-refractivity contribution in [1.29, 1.82) is 0 Å². The van der Waals surface area contributed by atoms with Gasteiger partial charge in [0.05, 0.1) is 31.7 Å². The number of benzene rings is 1. The molecule has 5 rings (SSSR count). The van der Waals surface area contributed by atoms with Crippen molar-refractivity contribution < 1.29 is 19.1 Å². The lowest BCUT2D eigenvalue weighted by Crippen LogP contribution is -2.35. The molecule has 1 aliphatic heterocycles. The molecule has 2 bridgehead atoms. The number of rotatable bonds is 3. The number of fused-ring (bicyclic) bond motifs is 3. The highest BCUT2D eigenvalue weighted by atomic mass is 16.5. The zero-order valence-electron chi connectivity index (χ0n) is 13.7. The molecule has 1 spiro atoms. The molecule has 0 aromatic heterocycles. The Bertz CT molecular complexity index is 761. The van der Waals surface area contributed by atoms with E-state index in [-0.39, 0.29) is 40.9 Å². The molecule has 5 heteroatoms. The first-order valence-corrected chi connectivity index (χ1v) is 8.40. The molecule has 3 fully saturated rings. The lowest BCUT2D eigenvalue weighted by Gasteiger charge is -2.23. The van der Waals surface area contributed by atoms with Gasteiger partial charge < -0.3 is 9.47 Å². The average molecular weight is 325 g/mol. The van der Waals surface area contributed by atoms with Crippen LogP contribution in [0.1, 0.15) is 12.8 Å². The molecule has 4 atom stereocenters. The van der Waals surface area contributed by atoms with Crippen LogP contribution < -0.4 is 14.4 Å². The molecular formula is C19H19NO4. The first-order valence-electron chi connectivity index (χ1n) is 8.40. The molecule has 1 aromatic carbocycles. The summed E-state index contributed by atoms with van der Waals surface area (Å²) in [5, 5.41) is 0. The number of methoxy groups -OCH3 is 2. The molecule has 2 amide bonds. The van der Waals surface area contributed by atoms with Gasteiger partial charge in [0, 0.05) is 6.07 Å². The van der Waals surface area contributed by atoms with E-state index in [1.807, 2.05) is 0 Å². The molecule has 0 unspecified atom stereocenters. The number of hydrogen-bond donors (Lipinski definition) is 0. The van der Waals surface area contributed by atoms with Crippen LogP contribution >= 0.6 is 0 Å². The maximum Gasteiger partial charge on any atom is 0.238 e. The van der Waals surface area contributed by atoms with Crippen LogP contribution in [-0.2, 0) is 9.59 Å². The second-order valence-electron chi connectivity index (χ2n) is 7.27. The number of carbonyl (C=O) groups is 2. The van der Waals surface area contributed by atoms with Gasteiger partial charge in [0.2, 0.25) is 11.8 Å². The Kier molecular flexibility index (Phi) is 2.58. The van der Waals surface area contributed by atoms with E-state index in [1.54, 1.807) is 25.3 Å². The van der Waals surface area contributed by atoms with Crippen molar-refractivity contribution in [2.75, 3.05) is 19.1 Å². The SMILES string of the molecule is COc1ccc(N2C(=O)[C@@H]3[C@H](C2=O)[C@H]2C=C[C@H]3C23CC3)c(OC)c1. The summed E-state index contributed by atoms with van der Waals surface area (Å²) in [6.07, 6.45) is 6.65. The summed E-state index contributed by atoms with van der Waals surface area (Å²) in [5.41, 5.74) is 0.739. The van der Waals surface area contributed by atoms with Crippen LogP contribution in [0.15, 0.2) is 30.4 Å². The predicted molar refractivity (Wildman–Crippen MR) is 86.8 cm³/mol. The van der Waals surface area contributed by atoms with Gasteiger partial charge in [-0.3, -0.25) is 9.59 Å².